The van der Waals surface area contributed by atoms with E-state index in [0.29, 0.717) is 21.2 Å². The number of rotatable bonds is 5. The topological polar surface area (TPSA) is 75.8 Å². The predicted octanol–water partition coefficient (Wildman–Crippen LogP) is 6.27. The fraction of sp³-hybridized carbons (Fsp3) is 0.120. The minimum Gasteiger partial charge on any atom is -0.279 e. The molecule has 1 atom stereocenters. The number of amides is 1. The van der Waals surface area contributed by atoms with Crippen LogP contribution in [0.2, 0.25) is 0 Å². The second kappa shape index (κ2) is 9.20. The van der Waals surface area contributed by atoms with Crippen LogP contribution in [-0.2, 0) is 4.79 Å². The van der Waals surface area contributed by atoms with Crippen LogP contribution in [0.5, 0.6) is 0 Å². The lowest BCUT2D eigenvalue weighted by molar-refractivity contribution is -0.385. The summed E-state index contributed by atoms with van der Waals surface area (Å²) in [5, 5.41) is 11.9. The second-order valence-corrected chi connectivity index (χ2v) is 8.41. The molecule has 160 valence electrons. The molecule has 32 heavy (non-hydrogen) atoms. The summed E-state index contributed by atoms with van der Waals surface area (Å²) in [6, 6.07) is 24.0. The summed E-state index contributed by atoms with van der Waals surface area (Å²) in [5.41, 5.74) is 2.96. The normalized spacial score (nSPS) is 17.2. The van der Waals surface area contributed by atoms with Gasteiger partial charge >= 0.3 is 0 Å². The number of amidine groups is 1. The van der Waals surface area contributed by atoms with Crippen molar-refractivity contribution in [1.82, 2.24) is 4.90 Å². The Morgan fingerprint density at radius 2 is 1.69 bits per heavy atom. The summed E-state index contributed by atoms with van der Waals surface area (Å²) in [6.45, 7) is 3.66. The molecule has 1 aliphatic heterocycles. The van der Waals surface area contributed by atoms with E-state index in [1.54, 1.807) is 30.0 Å². The maximum Gasteiger partial charge on any atom is 0.272 e. The van der Waals surface area contributed by atoms with E-state index in [9.17, 15) is 14.9 Å². The molecule has 3 aromatic carbocycles. The molecule has 0 radical (unpaired) electrons. The molecular formula is C25H21N3O3S. The van der Waals surface area contributed by atoms with Gasteiger partial charge in [-0.05, 0) is 54.9 Å². The molecule has 7 heteroatoms. The number of carbonyl (C=O) groups is 1. The molecule has 1 aliphatic rings. The first kappa shape index (κ1) is 21.5. The van der Waals surface area contributed by atoms with Gasteiger partial charge in [0.05, 0.1) is 21.6 Å². The Labute approximate surface area is 190 Å². The van der Waals surface area contributed by atoms with Crippen molar-refractivity contribution in [2.24, 2.45) is 4.99 Å². The fourth-order valence-corrected chi connectivity index (χ4v) is 4.53. The zero-order valence-corrected chi connectivity index (χ0v) is 18.5. The number of nitro groups is 1. The van der Waals surface area contributed by atoms with Gasteiger partial charge in [-0.25, -0.2) is 4.99 Å². The molecule has 6 nitrogen and oxygen atoms in total. The molecule has 0 aromatic heterocycles. The molecule has 4 rings (SSSR count). The predicted molar refractivity (Wildman–Crippen MR) is 129 cm³/mol. The van der Waals surface area contributed by atoms with Gasteiger partial charge in [-0.15, -0.1) is 0 Å². The third kappa shape index (κ3) is 4.48. The highest BCUT2D eigenvalue weighted by Crippen LogP contribution is 2.39. The Hall–Kier alpha value is -3.71. The van der Waals surface area contributed by atoms with Crippen molar-refractivity contribution in [2.75, 3.05) is 0 Å². The van der Waals surface area contributed by atoms with Crippen molar-refractivity contribution in [1.29, 1.82) is 0 Å². The minimum absolute atomic E-state index is 0.0301. The molecule has 0 N–H and O–H groups in total. The maximum atomic E-state index is 13.4. The fourth-order valence-electron chi connectivity index (χ4n) is 3.46. The summed E-state index contributed by atoms with van der Waals surface area (Å²) in [7, 11) is 0. The second-order valence-electron chi connectivity index (χ2n) is 7.41. The van der Waals surface area contributed by atoms with Crippen molar-refractivity contribution in [3.8, 4) is 0 Å². The van der Waals surface area contributed by atoms with Crippen LogP contribution < -0.4 is 0 Å². The summed E-state index contributed by atoms with van der Waals surface area (Å²) in [5.74, 6) is -0.177. The summed E-state index contributed by atoms with van der Waals surface area (Å²) in [6.07, 6.45) is 1.69. The molecule has 1 heterocycles. The molecule has 1 amide bonds. The van der Waals surface area contributed by atoms with Crippen LogP contribution in [0.4, 0.5) is 11.4 Å². The van der Waals surface area contributed by atoms with Crippen LogP contribution in [0.15, 0.2) is 88.8 Å². The summed E-state index contributed by atoms with van der Waals surface area (Å²) < 4.78 is 0. The molecule has 0 unspecified atom stereocenters. The Kier molecular flexibility index (Phi) is 6.18. The van der Waals surface area contributed by atoms with Crippen LogP contribution in [0.1, 0.15) is 29.7 Å². The molecular weight excluding hydrogens is 422 g/mol. The number of aryl methyl sites for hydroxylation is 1. The van der Waals surface area contributed by atoms with Gasteiger partial charge in [-0.3, -0.25) is 19.8 Å². The largest absolute Gasteiger partial charge is 0.279 e. The number of para-hydroxylation sites is 1. The van der Waals surface area contributed by atoms with E-state index in [1.807, 2.05) is 67.6 Å². The highest BCUT2D eigenvalue weighted by atomic mass is 32.2. The van der Waals surface area contributed by atoms with Gasteiger partial charge in [0, 0.05) is 11.6 Å². The summed E-state index contributed by atoms with van der Waals surface area (Å²) in [4.78, 5) is 31.2. The quantitative estimate of drug-likeness (QED) is 0.265. The van der Waals surface area contributed by atoms with Crippen LogP contribution in [0, 0.1) is 17.0 Å². The Balaban J connectivity index is 1.75. The average Bonchev–Trinajstić information content (AvgIpc) is 3.10. The Morgan fingerprint density at radius 1 is 1.03 bits per heavy atom. The molecule has 0 spiro atoms. The van der Waals surface area contributed by atoms with Gasteiger partial charge in [0.2, 0.25) is 0 Å². The summed E-state index contributed by atoms with van der Waals surface area (Å²) >= 11 is 1.28. The number of hydrogen-bond donors (Lipinski definition) is 0. The molecule has 0 bridgehead atoms. The van der Waals surface area contributed by atoms with E-state index in [1.165, 1.54) is 17.8 Å². The molecule has 0 aliphatic carbocycles. The zero-order chi connectivity index (χ0) is 22.7. The highest BCUT2D eigenvalue weighted by molar-refractivity contribution is 8.18. The highest BCUT2D eigenvalue weighted by Gasteiger charge is 2.37. The lowest BCUT2D eigenvalue weighted by Gasteiger charge is -2.24. The number of benzene rings is 3. The number of hydrogen-bond acceptors (Lipinski definition) is 5. The number of aliphatic imine (C=N–C) groups is 1. The van der Waals surface area contributed by atoms with Crippen molar-refractivity contribution in [3.63, 3.8) is 0 Å². The standard InChI is InChI=1S/C25H21N3O3S/c1-17-13-14-19(15-22(17)28(30)31)16-23-24(29)27(18(2)20-9-5-3-6-10-20)25(32-23)26-21-11-7-4-8-12-21/h3-16,18H,1-2H3/b23-16+,26-25?/t18-/m0/s1. The van der Waals surface area contributed by atoms with E-state index in [0.717, 1.165) is 11.3 Å². The van der Waals surface area contributed by atoms with Gasteiger partial charge in [0.25, 0.3) is 11.6 Å². The SMILES string of the molecule is Cc1ccc(/C=C2/SC(=Nc3ccccc3)N([C@@H](C)c3ccccc3)C2=O)cc1[N+](=O)[O-]. The van der Waals surface area contributed by atoms with E-state index in [-0.39, 0.29) is 17.6 Å². The first-order valence-electron chi connectivity index (χ1n) is 10.1. The van der Waals surface area contributed by atoms with Crippen molar-refractivity contribution >= 4 is 40.3 Å². The van der Waals surface area contributed by atoms with E-state index < -0.39 is 4.92 Å². The molecule has 0 saturated carbocycles. The van der Waals surface area contributed by atoms with Gasteiger partial charge in [-0.2, -0.15) is 0 Å². The minimum atomic E-state index is -0.410. The monoisotopic (exact) mass is 443 g/mol. The zero-order valence-electron chi connectivity index (χ0n) is 17.6. The first-order valence-corrected chi connectivity index (χ1v) is 10.9. The number of nitro benzene ring substituents is 1. The van der Waals surface area contributed by atoms with Gasteiger partial charge in [0.15, 0.2) is 5.17 Å². The lowest BCUT2D eigenvalue weighted by Crippen LogP contribution is -2.32. The van der Waals surface area contributed by atoms with Gasteiger partial charge in [-0.1, -0.05) is 60.7 Å². The van der Waals surface area contributed by atoms with Crippen molar-refractivity contribution in [3.05, 3.63) is 111 Å². The van der Waals surface area contributed by atoms with E-state index in [4.69, 9.17) is 4.99 Å². The number of carbonyl (C=O) groups excluding carboxylic acids is 1. The van der Waals surface area contributed by atoms with Crippen LogP contribution >= 0.6 is 11.8 Å². The third-order valence-corrected chi connectivity index (χ3v) is 6.20. The number of thioether (sulfide) groups is 1. The Bertz CT molecular complexity index is 1220. The van der Waals surface area contributed by atoms with Gasteiger partial charge in [0.1, 0.15) is 0 Å². The van der Waals surface area contributed by atoms with Crippen LogP contribution in [-0.4, -0.2) is 20.9 Å². The number of nitrogens with zero attached hydrogens (tertiary/aromatic N) is 3. The first-order chi connectivity index (χ1) is 15.4. The Morgan fingerprint density at radius 3 is 2.34 bits per heavy atom. The molecule has 3 aromatic rings. The van der Waals surface area contributed by atoms with E-state index >= 15 is 0 Å². The average molecular weight is 444 g/mol. The van der Waals surface area contributed by atoms with Gasteiger partial charge < -0.3 is 0 Å². The molecule has 1 fully saturated rings. The molecule has 1 saturated heterocycles. The lowest BCUT2D eigenvalue weighted by atomic mass is 10.1. The van der Waals surface area contributed by atoms with Crippen LogP contribution in [0.3, 0.4) is 0 Å². The van der Waals surface area contributed by atoms with Crippen LogP contribution in [0.25, 0.3) is 6.08 Å². The maximum absolute atomic E-state index is 13.4. The van der Waals surface area contributed by atoms with E-state index in [2.05, 4.69) is 0 Å². The smallest absolute Gasteiger partial charge is 0.272 e. The third-order valence-electron chi connectivity index (χ3n) is 5.21. The van der Waals surface area contributed by atoms with Crippen molar-refractivity contribution < 1.29 is 9.72 Å². The van der Waals surface area contributed by atoms with Crippen molar-refractivity contribution in [2.45, 2.75) is 19.9 Å².